The van der Waals surface area contributed by atoms with Crippen LogP contribution in [0, 0.1) is 6.92 Å². The SMILES string of the molecule is Cc1coc(C2=CCCNC2)n1. The Morgan fingerprint density at radius 2 is 2.50 bits per heavy atom. The highest BCUT2D eigenvalue weighted by Gasteiger charge is 2.09. The average molecular weight is 164 g/mol. The summed E-state index contributed by atoms with van der Waals surface area (Å²) in [5.41, 5.74) is 2.12. The molecule has 2 heterocycles. The van der Waals surface area contributed by atoms with Crippen molar-refractivity contribution in [2.45, 2.75) is 13.3 Å². The normalized spacial score (nSPS) is 17.6. The Hall–Kier alpha value is -1.09. The zero-order chi connectivity index (χ0) is 8.39. The van der Waals surface area contributed by atoms with Gasteiger partial charge in [-0.05, 0) is 19.9 Å². The van der Waals surface area contributed by atoms with Gasteiger partial charge in [-0.1, -0.05) is 6.08 Å². The third kappa shape index (κ3) is 1.41. The van der Waals surface area contributed by atoms with Gasteiger partial charge in [-0.15, -0.1) is 0 Å². The summed E-state index contributed by atoms with van der Waals surface area (Å²) < 4.78 is 5.28. The summed E-state index contributed by atoms with van der Waals surface area (Å²) in [7, 11) is 0. The number of rotatable bonds is 1. The number of hydrogen-bond donors (Lipinski definition) is 1. The van der Waals surface area contributed by atoms with E-state index in [0.29, 0.717) is 0 Å². The molecule has 1 aliphatic heterocycles. The molecule has 0 aliphatic carbocycles. The van der Waals surface area contributed by atoms with Crippen molar-refractivity contribution >= 4 is 5.57 Å². The lowest BCUT2D eigenvalue weighted by molar-refractivity contribution is 0.535. The first-order chi connectivity index (χ1) is 5.86. The molecular weight excluding hydrogens is 152 g/mol. The number of nitrogens with one attached hydrogen (secondary N) is 1. The van der Waals surface area contributed by atoms with Gasteiger partial charge in [0, 0.05) is 12.1 Å². The van der Waals surface area contributed by atoms with E-state index in [9.17, 15) is 0 Å². The summed E-state index contributed by atoms with van der Waals surface area (Å²) in [6.07, 6.45) is 4.93. The molecule has 3 heteroatoms. The maximum atomic E-state index is 5.28. The van der Waals surface area contributed by atoms with Crippen LogP contribution in [0.3, 0.4) is 0 Å². The first-order valence-corrected chi connectivity index (χ1v) is 4.18. The smallest absolute Gasteiger partial charge is 0.222 e. The zero-order valence-electron chi connectivity index (χ0n) is 7.13. The summed E-state index contributed by atoms with van der Waals surface area (Å²) in [5.74, 6) is 0.764. The Kier molecular flexibility index (Phi) is 1.96. The number of oxazole rings is 1. The van der Waals surface area contributed by atoms with Crippen LogP contribution in [0.5, 0.6) is 0 Å². The maximum absolute atomic E-state index is 5.28. The van der Waals surface area contributed by atoms with Gasteiger partial charge in [0.25, 0.3) is 0 Å². The van der Waals surface area contributed by atoms with Crippen LogP contribution in [0.15, 0.2) is 16.8 Å². The molecule has 0 unspecified atom stereocenters. The van der Waals surface area contributed by atoms with Crippen LogP contribution < -0.4 is 5.32 Å². The monoisotopic (exact) mass is 164 g/mol. The highest BCUT2D eigenvalue weighted by atomic mass is 16.3. The minimum Gasteiger partial charge on any atom is -0.445 e. The van der Waals surface area contributed by atoms with Crippen molar-refractivity contribution in [1.82, 2.24) is 10.3 Å². The van der Waals surface area contributed by atoms with Crippen LogP contribution in [0.25, 0.3) is 5.57 Å². The van der Waals surface area contributed by atoms with Gasteiger partial charge in [0.2, 0.25) is 5.89 Å². The van der Waals surface area contributed by atoms with Crippen molar-refractivity contribution in [3.05, 3.63) is 23.9 Å². The van der Waals surface area contributed by atoms with Gasteiger partial charge in [0.1, 0.15) is 6.26 Å². The molecule has 64 valence electrons. The van der Waals surface area contributed by atoms with E-state index in [2.05, 4.69) is 16.4 Å². The Morgan fingerprint density at radius 3 is 3.08 bits per heavy atom. The van der Waals surface area contributed by atoms with Crippen LogP contribution in [0.1, 0.15) is 18.0 Å². The van der Waals surface area contributed by atoms with E-state index in [4.69, 9.17) is 4.42 Å². The van der Waals surface area contributed by atoms with Gasteiger partial charge in [-0.3, -0.25) is 0 Å². The van der Waals surface area contributed by atoms with Crippen LogP contribution in [-0.2, 0) is 0 Å². The molecule has 0 amide bonds. The summed E-state index contributed by atoms with van der Waals surface area (Å²) in [5, 5.41) is 3.27. The topological polar surface area (TPSA) is 38.1 Å². The molecule has 0 saturated heterocycles. The Labute approximate surface area is 71.5 Å². The molecule has 0 fully saturated rings. The summed E-state index contributed by atoms with van der Waals surface area (Å²) in [6, 6.07) is 0. The number of aromatic nitrogens is 1. The quantitative estimate of drug-likeness (QED) is 0.681. The second kappa shape index (κ2) is 3.11. The summed E-state index contributed by atoms with van der Waals surface area (Å²) in [4.78, 5) is 4.26. The van der Waals surface area contributed by atoms with E-state index < -0.39 is 0 Å². The van der Waals surface area contributed by atoms with E-state index in [1.54, 1.807) is 6.26 Å². The molecular formula is C9H12N2O. The Bertz CT molecular complexity index is 301. The van der Waals surface area contributed by atoms with Gasteiger partial charge >= 0.3 is 0 Å². The Morgan fingerprint density at radius 1 is 1.58 bits per heavy atom. The van der Waals surface area contributed by atoms with Crippen LogP contribution in [0.4, 0.5) is 0 Å². The fourth-order valence-corrected chi connectivity index (χ4v) is 1.31. The molecule has 0 radical (unpaired) electrons. The first kappa shape index (κ1) is 7.55. The fraction of sp³-hybridized carbons (Fsp3) is 0.444. The molecule has 0 saturated carbocycles. The molecule has 0 atom stereocenters. The van der Waals surface area contributed by atoms with E-state index in [0.717, 1.165) is 31.1 Å². The predicted octanol–water partition coefficient (Wildman–Crippen LogP) is 1.36. The molecule has 12 heavy (non-hydrogen) atoms. The van der Waals surface area contributed by atoms with Crippen molar-refractivity contribution in [3.8, 4) is 0 Å². The van der Waals surface area contributed by atoms with E-state index in [1.165, 1.54) is 5.57 Å². The molecule has 0 aromatic carbocycles. The molecule has 1 aliphatic rings. The lowest BCUT2D eigenvalue weighted by atomic mass is 10.1. The largest absolute Gasteiger partial charge is 0.445 e. The van der Waals surface area contributed by atoms with E-state index in [-0.39, 0.29) is 0 Å². The second-order valence-electron chi connectivity index (χ2n) is 2.99. The highest BCUT2D eigenvalue weighted by Crippen LogP contribution is 2.15. The van der Waals surface area contributed by atoms with Crippen LogP contribution in [-0.4, -0.2) is 18.1 Å². The lowest BCUT2D eigenvalue weighted by Gasteiger charge is -2.10. The van der Waals surface area contributed by atoms with Crippen molar-refractivity contribution < 1.29 is 4.42 Å². The molecule has 1 aromatic rings. The number of hydrogen-bond acceptors (Lipinski definition) is 3. The van der Waals surface area contributed by atoms with E-state index >= 15 is 0 Å². The number of nitrogens with zero attached hydrogens (tertiary/aromatic N) is 1. The summed E-state index contributed by atoms with van der Waals surface area (Å²) >= 11 is 0. The van der Waals surface area contributed by atoms with Crippen molar-refractivity contribution in [3.63, 3.8) is 0 Å². The predicted molar refractivity (Wildman–Crippen MR) is 46.7 cm³/mol. The van der Waals surface area contributed by atoms with Crippen molar-refractivity contribution in [1.29, 1.82) is 0 Å². The third-order valence-corrected chi connectivity index (χ3v) is 1.92. The molecule has 0 spiro atoms. The molecule has 1 N–H and O–H groups in total. The minimum atomic E-state index is 0.764. The van der Waals surface area contributed by atoms with Gasteiger partial charge in [0.15, 0.2) is 0 Å². The average Bonchev–Trinajstić information content (AvgIpc) is 2.54. The number of aryl methyl sites for hydroxylation is 1. The lowest BCUT2D eigenvalue weighted by Crippen LogP contribution is -2.21. The van der Waals surface area contributed by atoms with Crippen LogP contribution >= 0.6 is 0 Å². The Balaban J connectivity index is 2.23. The maximum Gasteiger partial charge on any atom is 0.222 e. The third-order valence-electron chi connectivity index (χ3n) is 1.92. The minimum absolute atomic E-state index is 0.764. The van der Waals surface area contributed by atoms with Gasteiger partial charge in [-0.2, -0.15) is 0 Å². The zero-order valence-corrected chi connectivity index (χ0v) is 7.13. The standard InChI is InChI=1S/C9H12N2O/c1-7-6-12-9(11-7)8-3-2-4-10-5-8/h3,6,10H,2,4-5H2,1H3. The van der Waals surface area contributed by atoms with Gasteiger partial charge < -0.3 is 9.73 Å². The van der Waals surface area contributed by atoms with Crippen molar-refractivity contribution in [2.24, 2.45) is 0 Å². The van der Waals surface area contributed by atoms with Gasteiger partial charge in [-0.25, -0.2) is 4.98 Å². The molecule has 0 bridgehead atoms. The molecule has 2 rings (SSSR count). The van der Waals surface area contributed by atoms with Crippen molar-refractivity contribution in [2.75, 3.05) is 13.1 Å². The highest BCUT2D eigenvalue weighted by molar-refractivity contribution is 5.60. The molecule has 1 aromatic heterocycles. The second-order valence-corrected chi connectivity index (χ2v) is 2.99. The van der Waals surface area contributed by atoms with E-state index in [1.807, 2.05) is 6.92 Å². The fourth-order valence-electron chi connectivity index (χ4n) is 1.31. The first-order valence-electron chi connectivity index (χ1n) is 4.18. The molecule has 3 nitrogen and oxygen atoms in total. The van der Waals surface area contributed by atoms with Crippen LogP contribution in [0.2, 0.25) is 0 Å². The summed E-state index contributed by atoms with van der Waals surface area (Å²) in [6.45, 7) is 3.87. The van der Waals surface area contributed by atoms with Gasteiger partial charge in [0.05, 0.1) is 5.69 Å².